The summed E-state index contributed by atoms with van der Waals surface area (Å²) in [5.74, 6) is 0.0600. The maximum absolute atomic E-state index is 12.9. The predicted molar refractivity (Wildman–Crippen MR) is 128 cm³/mol. The van der Waals surface area contributed by atoms with Gasteiger partial charge in [-0.15, -0.1) is 0 Å². The molecule has 0 aromatic heterocycles. The van der Waals surface area contributed by atoms with Crippen molar-refractivity contribution in [1.29, 1.82) is 0 Å². The summed E-state index contributed by atoms with van der Waals surface area (Å²) in [4.78, 5) is 12.8. The van der Waals surface area contributed by atoms with E-state index in [4.69, 9.17) is 39.5 Å². The summed E-state index contributed by atoms with van der Waals surface area (Å²) in [6.45, 7) is -0.0119. The number of anilines is 1. The Labute approximate surface area is 201 Å². The zero-order valence-corrected chi connectivity index (χ0v) is 20.2. The number of hydrogen-bond donors (Lipinski definition) is 1. The van der Waals surface area contributed by atoms with Gasteiger partial charge in [0.05, 0.1) is 22.1 Å². The van der Waals surface area contributed by atoms with Crippen LogP contribution in [0.2, 0.25) is 15.1 Å². The highest BCUT2D eigenvalue weighted by Gasteiger charge is 2.23. The highest BCUT2D eigenvalue weighted by molar-refractivity contribution is 7.89. The molecule has 168 valence electrons. The van der Waals surface area contributed by atoms with Crippen LogP contribution in [0.1, 0.15) is 15.9 Å². The van der Waals surface area contributed by atoms with Gasteiger partial charge in [0.15, 0.2) is 0 Å². The number of hydrogen-bond acceptors (Lipinski definition) is 4. The van der Waals surface area contributed by atoms with Crippen LogP contribution in [0.3, 0.4) is 0 Å². The molecule has 0 unspecified atom stereocenters. The first kappa shape index (κ1) is 24.4. The maximum Gasteiger partial charge on any atom is 0.255 e. The Morgan fingerprint density at radius 1 is 0.969 bits per heavy atom. The average Bonchev–Trinajstić information content (AvgIpc) is 2.76. The smallest absolute Gasteiger partial charge is 0.255 e. The fourth-order valence-electron chi connectivity index (χ4n) is 2.93. The number of sulfonamides is 1. The number of carbonyl (C=O) groups is 1. The van der Waals surface area contributed by atoms with Crippen molar-refractivity contribution in [2.75, 3.05) is 19.5 Å². The fraction of sp³-hybridized carbons (Fsp3) is 0.136. The number of carbonyl (C=O) groups excluding carboxylic acids is 1. The molecule has 0 spiro atoms. The molecule has 6 nitrogen and oxygen atoms in total. The number of nitrogens with one attached hydrogen (secondary N) is 1. The Morgan fingerprint density at radius 3 is 2.28 bits per heavy atom. The number of rotatable bonds is 7. The molecule has 1 N–H and O–H groups in total. The number of ether oxygens (including phenoxy) is 1. The summed E-state index contributed by atoms with van der Waals surface area (Å²) >= 11 is 17.8. The molecular weight excluding hydrogens is 495 g/mol. The zero-order chi connectivity index (χ0) is 23.5. The topological polar surface area (TPSA) is 75.7 Å². The molecule has 0 aliphatic rings. The molecule has 10 heteroatoms. The third kappa shape index (κ3) is 5.54. The first-order valence-corrected chi connectivity index (χ1v) is 11.8. The molecule has 3 aromatic carbocycles. The highest BCUT2D eigenvalue weighted by Crippen LogP contribution is 2.27. The number of amides is 1. The van der Waals surface area contributed by atoms with Crippen LogP contribution in [0, 0.1) is 0 Å². The van der Waals surface area contributed by atoms with E-state index < -0.39 is 15.9 Å². The van der Waals surface area contributed by atoms with Gasteiger partial charge in [-0.05, 0) is 60.7 Å². The minimum Gasteiger partial charge on any atom is -0.496 e. The van der Waals surface area contributed by atoms with Crippen molar-refractivity contribution in [2.45, 2.75) is 11.4 Å². The molecule has 0 aliphatic carbocycles. The molecule has 3 rings (SSSR count). The number of methoxy groups -OCH3 is 1. The van der Waals surface area contributed by atoms with Crippen LogP contribution in [-0.4, -0.2) is 32.8 Å². The molecule has 0 aliphatic heterocycles. The second-order valence-corrected chi connectivity index (χ2v) is 10.1. The van der Waals surface area contributed by atoms with Gasteiger partial charge >= 0.3 is 0 Å². The lowest BCUT2D eigenvalue weighted by molar-refractivity contribution is 0.102. The third-order valence-corrected chi connectivity index (χ3v) is 7.44. The summed E-state index contributed by atoms with van der Waals surface area (Å²) in [6, 6.07) is 15.4. The van der Waals surface area contributed by atoms with Crippen molar-refractivity contribution in [3.8, 4) is 5.75 Å². The largest absolute Gasteiger partial charge is 0.496 e. The summed E-state index contributed by atoms with van der Waals surface area (Å²) < 4.78 is 32.3. The van der Waals surface area contributed by atoms with E-state index in [-0.39, 0.29) is 11.4 Å². The van der Waals surface area contributed by atoms with Crippen molar-refractivity contribution in [2.24, 2.45) is 0 Å². The van der Waals surface area contributed by atoms with E-state index in [0.717, 1.165) is 0 Å². The molecule has 0 atom stereocenters. The highest BCUT2D eigenvalue weighted by atomic mass is 35.5. The fourth-order valence-corrected chi connectivity index (χ4v) is 4.50. The maximum atomic E-state index is 12.9. The summed E-state index contributed by atoms with van der Waals surface area (Å²) in [5, 5.41) is 3.87. The average molecular weight is 514 g/mol. The van der Waals surface area contributed by atoms with Gasteiger partial charge in [-0.3, -0.25) is 4.79 Å². The van der Waals surface area contributed by atoms with Crippen LogP contribution < -0.4 is 10.1 Å². The van der Waals surface area contributed by atoms with Gasteiger partial charge in [-0.1, -0.05) is 34.8 Å². The van der Waals surface area contributed by atoms with Gasteiger partial charge in [-0.2, -0.15) is 4.31 Å². The van der Waals surface area contributed by atoms with E-state index in [1.54, 1.807) is 36.4 Å². The molecule has 1 amide bonds. The van der Waals surface area contributed by atoms with E-state index in [9.17, 15) is 13.2 Å². The van der Waals surface area contributed by atoms with Crippen LogP contribution >= 0.6 is 34.8 Å². The Balaban J connectivity index is 1.84. The van der Waals surface area contributed by atoms with Crippen molar-refractivity contribution in [3.05, 3.63) is 86.9 Å². The standard InChI is InChI=1S/C22H19Cl3N2O4S/c1-27(32(29,30)18-7-4-16(23)5-8-18)13-15-11-14(3-10-21(15)31-2)22(28)26-17-6-9-19(24)20(25)12-17/h3-12H,13H2,1-2H3,(H,26,28). The molecule has 3 aromatic rings. The molecule has 0 saturated carbocycles. The second kappa shape index (κ2) is 10.1. The summed E-state index contributed by atoms with van der Waals surface area (Å²) in [6.07, 6.45) is 0. The Hall–Kier alpha value is -2.29. The predicted octanol–water partition coefficient (Wildman–Crippen LogP) is 5.73. The molecule has 0 fully saturated rings. The Bertz CT molecular complexity index is 1250. The first-order chi connectivity index (χ1) is 15.1. The second-order valence-electron chi connectivity index (χ2n) is 6.82. The monoisotopic (exact) mass is 512 g/mol. The normalized spacial score (nSPS) is 11.4. The molecule has 0 heterocycles. The quantitative estimate of drug-likeness (QED) is 0.438. The number of nitrogens with zero attached hydrogens (tertiary/aromatic N) is 1. The van der Waals surface area contributed by atoms with Crippen molar-refractivity contribution < 1.29 is 17.9 Å². The van der Waals surface area contributed by atoms with E-state index in [1.807, 2.05) is 0 Å². The summed E-state index contributed by atoms with van der Waals surface area (Å²) in [7, 11) is -0.854. The summed E-state index contributed by atoms with van der Waals surface area (Å²) in [5.41, 5.74) is 1.32. The zero-order valence-electron chi connectivity index (χ0n) is 17.1. The van der Waals surface area contributed by atoms with Crippen LogP contribution in [0.25, 0.3) is 0 Å². The Morgan fingerprint density at radius 2 is 1.66 bits per heavy atom. The lowest BCUT2D eigenvalue weighted by Crippen LogP contribution is -2.27. The van der Waals surface area contributed by atoms with Gasteiger partial charge in [0.2, 0.25) is 10.0 Å². The van der Waals surface area contributed by atoms with Crippen LogP contribution in [0.4, 0.5) is 5.69 Å². The number of benzene rings is 3. The van der Waals surface area contributed by atoms with Crippen molar-refractivity contribution in [1.82, 2.24) is 4.31 Å². The van der Waals surface area contributed by atoms with Crippen LogP contribution in [0.5, 0.6) is 5.75 Å². The van der Waals surface area contributed by atoms with Crippen LogP contribution in [0.15, 0.2) is 65.6 Å². The van der Waals surface area contributed by atoms with Gasteiger partial charge < -0.3 is 10.1 Å². The van der Waals surface area contributed by atoms with E-state index in [0.29, 0.717) is 37.6 Å². The van der Waals surface area contributed by atoms with Crippen molar-refractivity contribution >= 4 is 56.4 Å². The minimum absolute atomic E-state index is 0.0119. The van der Waals surface area contributed by atoms with Crippen molar-refractivity contribution in [3.63, 3.8) is 0 Å². The van der Waals surface area contributed by atoms with Crippen LogP contribution in [-0.2, 0) is 16.6 Å². The third-order valence-electron chi connectivity index (χ3n) is 4.63. The first-order valence-electron chi connectivity index (χ1n) is 9.27. The molecule has 0 bridgehead atoms. The molecule has 0 radical (unpaired) electrons. The molecule has 0 saturated heterocycles. The molecule has 32 heavy (non-hydrogen) atoms. The van der Waals surface area contributed by atoms with E-state index in [1.165, 1.54) is 42.7 Å². The van der Waals surface area contributed by atoms with Gasteiger partial charge in [0, 0.05) is 35.4 Å². The lowest BCUT2D eigenvalue weighted by atomic mass is 10.1. The molecular formula is C22H19Cl3N2O4S. The van der Waals surface area contributed by atoms with E-state index in [2.05, 4.69) is 5.32 Å². The van der Waals surface area contributed by atoms with Gasteiger partial charge in [0.1, 0.15) is 5.75 Å². The minimum atomic E-state index is -3.78. The van der Waals surface area contributed by atoms with E-state index >= 15 is 0 Å². The lowest BCUT2D eigenvalue weighted by Gasteiger charge is -2.19. The van der Waals surface area contributed by atoms with Gasteiger partial charge in [0.25, 0.3) is 5.91 Å². The number of halogens is 3. The van der Waals surface area contributed by atoms with Gasteiger partial charge in [-0.25, -0.2) is 8.42 Å². The SMILES string of the molecule is COc1ccc(C(=O)Nc2ccc(Cl)c(Cl)c2)cc1CN(C)S(=O)(=O)c1ccc(Cl)cc1. The Kier molecular flexibility index (Phi) is 7.69.